The molecule has 0 bridgehead atoms. The Morgan fingerprint density at radius 3 is 2.81 bits per heavy atom. The van der Waals surface area contributed by atoms with Crippen molar-refractivity contribution in [3.8, 4) is 11.3 Å². The van der Waals surface area contributed by atoms with E-state index in [1.807, 2.05) is 11.0 Å². The molecule has 27 heavy (non-hydrogen) atoms. The van der Waals surface area contributed by atoms with Crippen molar-refractivity contribution in [2.75, 3.05) is 18.0 Å². The molecule has 1 aliphatic heterocycles. The van der Waals surface area contributed by atoms with Crippen LogP contribution in [0.15, 0.2) is 36.7 Å². The van der Waals surface area contributed by atoms with Gasteiger partial charge >= 0.3 is 0 Å². The number of carbonyl (C=O) groups is 1. The maximum absolute atomic E-state index is 13.0. The molecular weight excluding hydrogens is 354 g/mol. The van der Waals surface area contributed by atoms with Crippen LogP contribution in [0.3, 0.4) is 0 Å². The first-order valence-electron chi connectivity index (χ1n) is 8.68. The summed E-state index contributed by atoms with van der Waals surface area (Å²) >= 11 is 0. The van der Waals surface area contributed by atoms with Gasteiger partial charge in [-0.2, -0.15) is 5.10 Å². The van der Waals surface area contributed by atoms with Gasteiger partial charge in [-0.1, -0.05) is 0 Å². The number of alkyl halides is 2. The minimum absolute atomic E-state index is 0.0102. The van der Waals surface area contributed by atoms with Crippen LogP contribution in [-0.4, -0.2) is 44.1 Å². The number of aromatic nitrogens is 4. The zero-order chi connectivity index (χ0) is 18.6. The number of imidazole rings is 1. The molecular formula is C18H16F2N6O. The average Bonchev–Trinajstić information content (AvgIpc) is 3.25. The molecule has 4 heterocycles. The molecule has 1 aliphatic carbocycles. The minimum Gasteiger partial charge on any atom is -0.347 e. The van der Waals surface area contributed by atoms with Crippen molar-refractivity contribution in [1.82, 2.24) is 24.9 Å². The first-order chi connectivity index (χ1) is 13.0. The van der Waals surface area contributed by atoms with Gasteiger partial charge < -0.3 is 10.2 Å². The van der Waals surface area contributed by atoms with Crippen molar-refractivity contribution in [3.05, 3.63) is 42.4 Å². The molecule has 9 heteroatoms. The molecule has 1 saturated carbocycles. The Balaban J connectivity index is 1.53. The summed E-state index contributed by atoms with van der Waals surface area (Å²) in [5.41, 5.74) is 1.41. The first-order valence-corrected chi connectivity index (χ1v) is 8.68. The second-order valence-electron chi connectivity index (χ2n) is 7.06. The number of pyridine rings is 1. The lowest BCUT2D eigenvalue weighted by molar-refractivity contribution is -0.121. The van der Waals surface area contributed by atoms with Crippen LogP contribution in [0.5, 0.6) is 0 Å². The van der Waals surface area contributed by atoms with E-state index in [1.165, 1.54) is 16.6 Å². The summed E-state index contributed by atoms with van der Waals surface area (Å²) in [7, 11) is 0. The summed E-state index contributed by atoms with van der Waals surface area (Å²) in [6.45, 7) is 0.968. The second-order valence-corrected chi connectivity index (χ2v) is 7.06. The number of fused-ring (bicyclic) bond motifs is 1. The Labute approximate surface area is 153 Å². The smallest absolute Gasteiger partial charge is 0.282 e. The monoisotopic (exact) mass is 370 g/mol. The van der Waals surface area contributed by atoms with Crippen LogP contribution in [0.4, 0.5) is 14.6 Å². The van der Waals surface area contributed by atoms with E-state index in [2.05, 4.69) is 20.4 Å². The third-order valence-corrected chi connectivity index (χ3v) is 5.06. The topological polar surface area (TPSA) is 75.4 Å². The highest BCUT2D eigenvalue weighted by molar-refractivity contribution is 5.84. The summed E-state index contributed by atoms with van der Waals surface area (Å²) in [6, 6.07) is 6.41. The Morgan fingerprint density at radius 1 is 1.19 bits per heavy atom. The molecule has 2 fully saturated rings. The summed E-state index contributed by atoms with van der Waals surface area (Å²) in [6.07, 6.45) is 2.54. The van der Waals surface area contributed by atoms with Crippen LogP contribution in [0.2, 0.25) is 0 Å². The fraction of sp³-hybridized carbons (Fsp3) is 0.333. The molecule has 138 valence electrons. The molecule has 0 radical (unpaired) electrons. The molecule has 1 amide bonds. The van der Waals surface area contributed by atoms with Crippen LogP contribution >= 0.6 is 0 Å². The largest absolute Gasteiger partial charge is 0.347 e. The van der Waals surface area contributed by atoms with E-state index >= 15 is 0 Å². The lowest BCUT2D eigenvalue weighted by Gasteiger charge is -2.34. The predicted octanol–water partition coefficient (Wildman–Crippen LogP) is 2.20. The molecule has 3 aromatic rings. The number of piperazine rings is 1. The van der Waals surface area contributed by atoms with Gasteiger partial charge in [0.2, 0.25) is 5.91 Å². The van der Waals surface area contributed by atoms with Crippen molar-refractivity contribution >= 4 is 17.4 Å². The third-order valence-electron chi connectivity index (χ3n) is 5.06. The zero-order valence-electron chi connectivity index (χ0n) is 14.3. The van der Waals surface area contributed by atoms with E-state index in [1.54, 1.807) is 18.5 Å². The molecule has 5 rings (SSSR count). The lowest BCUT2D eigenvalue weighted by atomic mass is 10.1. The summed E-state index contributed by atoms with van der Waals surface area (Å²) in [5, 5.41) is 7.05. The van der Waals surface area contributed by atoms with E-state index in [0.717, 1.165) is 24.9 Å². The average molecular weight is 370 g/mol. The Kier molecular flexibility index (Phi) is 3.40. The van der Waals surface area contributed by atoms with Gasteiger partial charge in [-0.3, -0.25) is 4.79 Å². The normalized spacial score (nSPS) is 18.3. The van der Waals surface area contributed by atoms with E-state index in [4.69, 9.17) is 0 Å². The highest BCUT2D eigenvalue weighted by Gasteiger charge is 2.48. The quantitative estimate of drug-likeness (QED) is 0.765. The van der Waals surface area contributed by atoms with Crippen LogP contribution < -0.4 is 10.2 Å². The van der Waals surface area contributed by atoms with Crippen molar-refractivity contribution in [3.63, 3.8) is 0 Å². The van der Waals surface area contributed by atoms with Crippen molar-refractivity contribution in [2.45, 2.75) is 24.8 Å². The number of rotatable bonds is 3. The molecule has 0 unspecified atom stereocenters. The number of amides is 1. The van der Waals surface area contributed by atoms with E-state index in [0.29, 0.717) is 17.2 Å². The number of nitrogens with one attached hydrogen (secondary N) is 1. The fourth-order valence-electron chi connectivity index (χ4n) is 3.52. The highest BCUT2D eigenvalue weighted by Crippen LogP contribution is 2.39. The minimum atomic E-state index is -2.65. The van der Waals surface area contributed by atoms with Crippen LogP contribution in [0.25, 0.3) is 16.9 Å². The molecule has 2 aliphatic rings. The number of hydrogen-bond donors (Lipinski definition) is 1. The fourth-order valence-corrected chi connectivity index (χ4v) is 3.52. The first kappa shape index (κ1) is 16.1. The van der Waals surface area contributed by atoms with Gasteiger partial charge in [0.15, 0.2) is 5.65 Å². The van der Waals surface area contributed by atoms with Gasteiger partial charge in [0, 0.05) is 18.3 Å². The molecule has 0 atom stereocenters. The van der Waals surface area contributed by atoms with Gasteiger partial charge in [0.1, 0.15) is 11.5 Å². The number of anilines is 1. The van der Waals surface area contributed by atoms with Gasteiger partial charge in [0.05, 0.1) is 24.0 Å². The maximum atomic E-state index is 13.0. The van der Waals surface area contributed by atoms with Crippen molar-refractivity contribution < 1.29 is 13.6 Å². The van der Waals surface area contributed by atoms with E-state index < -0.39 is 6.43 Å². The van der Waals surface area contributed by atoms with Gasteiger partial charge in [-0.05, 0) is 37.1 Å². The highest BCUT2D eigenvalue weighted by atomic mass is 19.3. The van der Waals surface area contributed by atoms with Crippen molar-refractivity contribution in [1.29, 1.82) is 0 Å². The van der Waals surface area contributed by atoms with Crippen molar-refractivity contribution in [2.24, 2.45) is 0 Å². The molecule has 1 N–H and O–H groups in total. The van der Waals surface area contributed by atoms with Gasteiger partial charge in [0.25, 0.3) is 6.43 Å². The lowest BCUT2D eigenvalue weighted by Crippen LogP contribution is -2.56. The Morgan fingerprint density at radius 2 is 2.04 bits per heavy atom. The molecule has 1 spiro atoms. The molecule has 7 nitrogen and oxygen atoms in total. The Bertz CT molecular complexity index is 1050. The Hall–Kier alpha value is -3.10. The van der Waals surface area contributed by atoms with E-state index in [-0.39, 0.29) is 23.7 Å². The summed E-state index contributed by atoms with van der Waals surface area (Å²) < 4.78 is 27.4. The van der Waals surface area contributed by atoms with Crippen LogP contribution in [0.1, 0.15) is 25.0 Å². The van der Waals surface area contributed by atoms with Crippen LogP contribution in [0, 0.1) is 0 Å². The van der Waals surface area contributed by atoms with Crippen LogP contribution in [-0.2, 0) is 4.79 Å². The number of carbonyl (C=O) groups excluding carboxylic acids is 1. The maximum Gasteiger partial charge on any atom is 0.282 e. The second kappa shape index (κ2) is 5.70. The molecule has 0 aromatic carbocycles. The SMILES string of the molecule is O=C1CN(c2cc(-c3cnc4ccc(C(F)F)nn34)ccn2)CC2(CC2)N1. The third kappa shape index (κ3) is 2.79. The number of nitrogens with zero attached hydrogens (tertiary/aromatic N) is 5. The number of hydrogen-bond acceptors (Lipinski definition) is 5. The molecule has 3 aromatic heterocycles. The number of halogens is 2. The summed E-state index contributed by atoms with van der Waals surface area (Å²) in [5.74, 6) is 0.664. The van der Waals surface area contributed by atoms with E-state index in [9.17, 15) is 13.6 Å². The summed E-state index contributed by atoms with van der Waals surface area (Å²) in [4.78, 5) is 22.6. The standard InChI is InChI=1S/C18H16F2N6O/c19-17(20)12-1-2-14-22-8-13(26(14)24-12)11-3-6-21-15(7-11)25-9-16(27)23-18(10-25)4-5-18/h1-3,6-8,17H,4-5,9-10H2,(H,23,27). The predicted molar refractivity (Wildman–Crippen MR) is 93.5 cm³/mol. The van der Waals surface area contributed by atoms with Gasteiger partial charge in [-0.15, -0.1) is 0 Å². The van der Waals surface area contributed by atoms with Gasteiger partial charge in [-0.25, -0.2) is 23.3 Å². The molecule has 1 saturated heterocycles. The zero-order valence-corrected chi connectivity index (χ0v) is 14.3.